The van der Waals surface area contributed by atoms with E-state index in [1.807, 2.05) is 0 Å². The van der Waals surface area contributed by atoms with Gasteiger partial charge in [-0.2, -0.15) is 0 Å². The van der Waals surface area contributed by atoms with Crippen LogP contribution in [0.3, 0.4) is 0 Å². The van der Waals surface area contributed by atoms with Crippen LogP contribution in [0, 0.1) is 11.8 Å². The zero-order valence-corrected chi connectivity index (χ0v) is 13.1. The Kier molecular flexibility index (Phi) is 6.73. The van der Waals surface area contributed by atoms with Crippen molar-refractivity contribution in [2.75, 3.05) is 6.54 Å². The van der Waals surface area contributed by atoms with Gasteiger partial charge in [-0.05, 0) is 29.4 Å². The summed E-state index contributed by atoms with van der Waals surface area (Å²) in [4.78, 5) is 12.1. The van der Waals surface area contributed by atoms with Crippen LogP contribution in [-0.4, -0.2) is 12.5 Å². The molecule has 0 heterocycles. The van der Waals surface area contributed by atoms with E-state index in [4.69, 9.17) is 5.73 Å². The maximum absolute atomic E-state index is 12.1. The normalized spacial score (nSPS) is 12.8. The van der Waals surface area contributed by atoms with E-state index in [2.05, 4.69) is 57.3 Å². The smallest absolute Gasteiger partial charge is 0.224 e. The zero-order valence-electron chi connectivity index (χ0n) is 13.1. The number of hydrogen-bond acceptors (Lipinski definition) is 2. The first kappa shape index (κ1) is 16.7. The lowest BCUT2D eigenvalue weighted by atomic mass is 9.96. The van der Waals surface area contributed by atoms with Crippen LogP contribution in [0.5, 0.6) is 0 Å². The summed E-state index contributed by atoms with van der Waals surface area (Å²) in [7, 11) is 0. The van der Waals surface area contributed by atoms with E-state index in [9.17, 15) is 4.79 Å². The Morgan fingerprint density at radius 2 is 1.75 bits per heavy atom. The van der Waals surface area contributed by atoms with Gasteiger partial charge in [0.05, 0.1) is 5.92 Å². The quantitative estimate of drug-likeness (QED) is 0.804. The molecule has 1 unspecified atom stereocenters. The number of nitrogens with two attached hydrogens (primary N) is 1. The average molecular weight is 276 g/mol. The van der Waals surface area contributed by atoms with Crippen molar-refractivity contribution in [3.63, 3.8) is 0 Å². The summed E-state index contributed by atoms with van der Waals surface area (Å²) in [5.74, 6) is 1.00. The third-order valence-corrected chi connectivity index (χ3v) is 3.52. The SMILES string of the molecule is CC(C)CC(CN)C(=O)NCc1ccc(C(C)C)cc1. The van der Waals surface area contributed by atoms with Crippen molar-refractivity contribution in [1.82, 2.24) is 5.32 Å². The van der Waals surface area contributed by atoms with E-state index >= 15 is 0 Å². The first-order chi connectivity index (χ1) is 9.43. The number of carbonyl (C=O) groups is 1. The molecule has 0 aromatic heterocycles. The van der Waals surface area contributed by atoms with Crippen LogP contribution in [0.15, 0.2) is 24.3 Å². The number of benzene rings is 1. The second kappa shape index (κ2) is 8.05. The molecule has 3 heteroatoms. The highest BCUT2D eigenvalue weighted by atomic mass is 16.1. The monoisotopic (exact) mass is 276 g/mol. The maximum Gasteiger partial charge on any atom is 0.224 e. The molecule has 0 aliphatic heterocycles. The molecule has 0 saturated heterocycles. The first-order valence-corrected chi connectivity index (χ1v) is 7.50. The molecule has 0 radical (unpaired) electrons. The molecule has 3 nitrogen and oxygen atoms in total. The fourth-order valence-corrected chi connectivity index (χ4v) is 2.23. The Morgan fingerprint density at radius 1 is 1.15 bits per heavy atom. The third kappa shape index (κ3) is 5.33. The predicted molar refractivity (Wildman–Crippen MR) is 84.4 cm³/mol. The summed E-state index contributed by atoms with van der Waals surface area (Å²) in [6, 6.07) is 8.41. The van der Waals surface area contributed by atoms with E-state index in [0.717, 1.165) is 12.0 Å². The van der Waals surface area contributed by atoms with Gasteiger partial charge in [-0.15, -0.1) is 0 Å². The van der Waals surface area contributed by atoms with Crippen LogP contribution >= 0.6 is 0 Å². The molecule has 1 aromatic rings. The van der Waals surface area contributed by atoms with E-state index in [-0.39, 0.29) is 11.8 Å². The number of amides is 1. The topological polar surface area (TPSA) is 55.1 Å². The molecular weight excluding hydrogens is 248 g/mol. The van der Waals surface area contributed by atoms with Crippen molar-refractivity contribution in [1.29, 1.82) is 0 Å². The standard InChI is InChI=1S/C17H28N2O/c1-12(2)9-16(10-18)17(20)19-11-14-5-7-15(8-6-14)13(3)4/h5-8,12-13,16H,9-11,18H2,1-4H3,(H,19,20). The second-order valence-electron chi connectivity index (χ2n) is 6.18. The molecule has 3 N–H and O–H groups in total. The molecule has 1 aromatic carbocycles. The van der Waals surface area contributed by atoms with Gasteiger partial charge in [0.15, 0.2) is 0 Å². The number of rotatable bonds is 7. The highest BCUT2D eigenvalue weighted by molar-refractivity contribution is 5.78. The van der Waals surface area contributed by atoms with Crippen molar-refractivity contribution >= 4 is 5.91 Å². The van der Waals surface area contributed by atoms with Crippen LogP contribution in [0.2, 0.25) is 0 Å². The van der Waals surface area contributed by atoms with E-state index in [0.29, 0.717) is 24.9 Å². The van der Waals surface area contributed by atoms with Crippen LogP contribution in [0.4, 0.5) is 0 Å². The highest BCUT2D eigenvalue weighted by Gasteiger charge is 2.17. The zero-order chi connectivity index (χ0) is 15.1. The predicted octanol–water partition coefficient (Wildman–Crippen LogP) is 3.05. The molecule has 0 bridgehead atoms. The van der Waals surface area contributed by atoms with Gasteiger partial charge in [0.25, 0.3) is 0 Å². The van der Waals surface area contributed by atoms with E-state index < -0.39 is 0 Å². The van der Waals surface area contributed by atoms with Gasteiger partial charge in [0, 0.05) is 13.1 Å². The van der Waals surface area contributed by atoms with Gasteiger partial charge in [0.2, 0.25) is 5.91 Å². The van der Waals surface area contributed by atoms with Gasteiger partial charge < -0.3 is 11.1 Å². The summed E-state index contributed by atoms with van der Waals surface area (Å²) in [5.41, 5.74) is 8.13. The first-order valence-electron chi connectivity index (χ1n) is 7.50. The fraction of sp³-hybridized carbons (Fsp3) is 0.588. The van der Waals surface area contributed by atoms with Gasteiger partial charge >= 0.3 is 0 Å². The molecule has 112 valence electrons. The Bertz CT molecular complexity index is 410. The molecule has 1 rings (SSSR count). The molecule has 0 aliphatic carbocycles. The lowest BCUT2D eigenvalue weighted by Crippen LogP contribution is -2.35. The molecule has 1 amide bonds. The Balaban J connectivity index is 2.51. The minimum Gasteiger partial charge on any atom is -0.352 e. The third-order valence-electron chi connectivity index (χ3n) is 3.52. The van der Waals surface area contributed by atoms with Crippen LogP contribution < -0.4 is 11.1 Å². The summed E-state index contributed by atoms with van der Waals surface area (Å²) in [6.07, 6.45) is 0.842. The Morgan fingerprint density at radius 3 is 2.20 bits per heavy atom. The maximum atomic E-state index is 12.1. The Hall–Kier alpha value is -1.35. The van der Waals surface area contributed by atoms with Crippen molar-refractivity contribution in [2.24, 2.45) is 17.6 Å². The van der Waals surface area contributed by atoms with E-state index in [1.54, 1.807) is 0 Å². The summed E-state index contributed by atoms with van der Waals surface area (Å²) in [5, 5.41) is 2.99. The number of carbonyl (C=O) groups excluding carboxylic acids is 1. The van der Waals surface area contributed by atoms with Crippen LogP contribution in [0.25, 0.3) is 0 Å². The van der Waals surface area contributed by atoms with Gasteiger partial charge in [-0.3, -0.25) is 4.79 Å². The van der Waals surface area contributed by atoms with Crippen molar-refractivity contribution in [3.8, 4) is 0 Å². The van der Waals surface area contributed by atoms with Crippen molar-refractivity contribution < 1.29 is 4.79 Å². The highest BCUT2D eigenvalue weighted by Crippen LogP contribution is 2.15. The number of hydrogen-bond donors (Lipinski definition) is 2. The summed E-state index contributed by atoms with van der Waals surface area (Å²) >= 11 is 0. The van der Waals surface area contributed by atoms with Crippen LogP contribution in [-0.2, 0) is 11.3 Å². The largest absolute Gasteiger partial charge is 0.352 e. The van der Waals surface area contributed by atoms with Gasteiger partial charge in [-0.25, -0.2) is 0 Å². The minimum absolute atomic E-state index is 0.0640. The van der Waals surface area contributed by atoms with Gasteiger partial charge in [0.1, 0.15) is 0 Å². The lowest BCUT2D eigenvalue weighted by molar-refractivity contribution is -0.125. The molecule has 1 atom stereocenters. The second-order valence-corrected chi connectivity index (χ2v) is 6.18. The summed E-state index contributed by atoms with van der Waals surface area (Å²) < 4.78 is 0. The molecule has 20 heavy (non-hydrogen) atoms. The van der Waals surface area contributed by atoms with Crippen molar-refractivity contribution in [2.45, 2.75) is 46.6 Å². The fourth-order valence-electron chi connectivity index (χ4n) is 2.23. The van der Waals surface area contributed by atoms with Crippen molar-refractivity contribution in [3.05, 3.63) is 35.4 Å². The summed E-state index contributed by atoms with van der Waals surface area (Å²) in [6.45, 7) is 9.56. The molecule has 0 spiro atoms. The molecule has 0 saturated carbocycles. The minimum atomic E-state index is -0.0788. The molecule has 0 aliphatic rings. The Labute approximate surface area is 122 Å². The van der Waals surface area contributed by atoms with E-state index in [1.165, 1.54) is 5.56 Å². The molecular formula is C17H28N2O. The lowest BCUT2D eigenvalue weighted by Gasteiger charge is -2.17. The van der Waals surface area contributed by atoms with Crippen LogP contribution in [0.1, 0.15) is 51.2 Å². The number of nitrogens with one attached hydrogen (secondary N) is 1. The van der Waals surface area contributed by atoms with Gasteiger partial charge in [-0.1, -0.05) is 52.0 Å². The molecule has 0 fully saturated rings. The average Bonchev–Trinajstić information content (AvgIpc) is 2.42.